The Bertz CT molecular complexity index is 666. The zero-order chi connectivity index (χ0) is 16.8. The molecule has 6 nitrogen and oxygen atoms in total. The van der Waals surface area contributed by atoms with Crippen molar-refractivity contribution in [1.82, 2.24) is 14.9 Å². The van der Waals surface area contributed by atoms with Gasteiger partial charge in [0.2, 0.25) is 0 Å². The molecule has 24 heavy (non-hydrogen) atoms. The van der Waals surface area contributed by atoms with Crippen molar-refractivity contribution in [2.24, 2.45) is 0 Å². The maximum Gasteiger partial charge on any atom is 0.265 e. The van der Waals surface area contributed by atoms with Crippen LogP contribution in [0.5, 0.6) is 5.75 Å². The van der Waals surface area contributed by atoms with Crippen LogP contribution >= 0.6 is 11.5 Å². The van der Waals surface area contributed by atoms with E-state index in [1.807, 2.05) is 31.2 Å². The lowest BCUT2D eigenvalue weighted by Gasteiger charge is -2.12. The highest BCUT2D eigenvalue weighted by atomic mass is 32.1. The molecule has 0 saturated carbocycles. The van der Waals surface area contributed by atoms with E-state index in [-0.39, 0.29) is 12.0 Å². The molecule has 1 aromatic heterocycles. The van der Waals surface area contributed by atoms with E-state index in [9.17, 15) is 4.79 Å². The van der Waals surface area contributed by atoms with Gasteiger partial charge in [-0.05, 0) is 48.5 Å². The summed E-state index contributed by atoms with van der Waals surface area (Å²) in [7, 11) is 0. The van der Waals surface area contributed by atoms with Gasteiger partial charge in [-0.3, -0.25) is 4.79 Å². The molecule has 1 aliphatic heterocycles. The molecule has 7 heteroatoms. The van der Waals surface area contributed by atoms with E-state index in [2.05, 4.69) is 14.9 Å². The first-order chi connectivity index (χ1) is 11.8. The molecule has 0 bridgehead atoms. The van der Waals surface area contributed by atoms with Crippen LogP contribution in [0.1, 0.15) is 40.7 Å². The van der Waals surface area contributed by atoms with Crippen LogP contribution in [-0.2, 0) is 17.7 Å². The molecule has 0 radical (unpaired) electrons. The molecule has 0 unspecified atom stereocenters. The second kappa shape index (κ2) is 8.21. The number of hydrogen-bond acceptors (Lipinski definition) is 6. The van der Waals surface area contributed by atoms with Gasteiger partial charge in [0.15, 0.2) is 0 Å². The van der Waals surface area contributed by atoms with Crippen LogP contribution in [0.15, 0.2) is 24.3 Å². The Morgan fingerprint density at radius 3 is 2.96 bits per heavy atom. The van der Waals surface area contributed by atoms with Crippen molar-refractivity contribution >= 4 is 17.4 Å². The van der Waals surface area contributed by atoms with Crippen molar-refractivity contribution in [3.8, 4) is 5.75 Å². The van der Waals surface area contributed by atoms with Crippen LogP contribution in [-0.4, -0.2) is 34.8 Å². The molecule has 1 aliphatic rings. The van der Waals surface area contributed by atoms with Gasteiger partial charge in [0, 0.05) is 13.2 Å². The van der Waals surface area contributed by atoms with Crippen LogP contribution in [0.3, 0.4) is 0 Å². The molecule has 2 aromatic rings. The lowest BCUT2D eigenvalue weighted by atomic mass is 10.2. The van der Waals surface area contributed by atoms with Gasteiger partial charge in [-0.15, -0.1) is 5.10 Å². The second-order valence-corrected chi connectivity index (χ2v) is 6.43. The average Bonchev–Trinajstić information content (AvgIpc) is 3.29. The number of amides is 1. The SMILES string of the molecule is CCc1nnsc1C(=O)NCc1ccc(OC[C@H]2CCCO2)cc1. The molecular formula is C17H21N3O3S. The van der Waals surface area contributed by atoms with Crippen molar-refractivity contribution in [3.63, 3.8) is 0 Å². The van der Waals surface area contributed by atoms with Gasteiger partial charge in [0.25, 0.3) is 5.91 Å². The maximum absolute atomic E-state index is 12.2. The van der Waals surface area contributed by atoms with Gasteiger partial charge < -0.3 is 14.8 Å². The van der Waals surface area contributed by atoms with Crippen molar-refractivity contribution in [1.29, 1.82) is 0 Å². The standard InChI is InChI=1S/C17H21N3O3S/c1-2-15-16(24-20-19-15)17(21)18-10-12-5-7-13(8-6-12)23-11-14-4-3-9-22-14/h5-8,14H,2-4,9-11H2,1H3,(H,18,21)/t14-/m1/s1. The molecule has 3 rings (SSSR count). The fourth-order valence-electron chi connectivity index (χ4n) is 2.54. The van der Waals surface area contributed by atoms with Gasteiger partial charge in [-0.25, -0.2) is 0 Å². The van der Waals surface area contributed by atoms with Crippen molar-refractivity contribution in [2.75, 3.05) is 13.2 Å². The summed E-state index contributed by atoms with van der Waals surface area (Å²) in [6.07, 6.45) is 3.10. The van der Waals surface area contributed by atoms with Crippen LogP contribution in [0, 0.1) is 0 Å². The van der Waals surface area contributed by atoms with Crippen LogP contribution < -0.4 is 10.1 Å². The Kier molecular flexibility index (Phi) is 5.77. The fraction of sp³-hybridized carbons (Fsp3) is 0.471. The minimum atomic E-state index is -0.124. The molecule has 1 amide bonds. The first-order valence-corrected chi connectivity index (χ1v) is 8.96. The first-order valence-electron chi connectivity index (χ1n) is 8.19. The number of nitrogens with zero attached hydrogens (tertiary/aromatic N) is 2. The largest absolute Gasteiger partial charge is 0.491 e. The molecule has 0 aliphatic carbocycles. The summed E-state index contributed by atoms with van der Waals surface area (Å²) in [5.41, 5.74) is 1.76. The number of nitrogens with one attached hydrogen (secondary N) is 1. The van der Waals surface area contributed by atoms with Crippen molar-refractivity contribution in [2.45, 2.75) is 38.8 Å². The Balaban J connectivity index is 1.48. The summed E-state index contributed by atoms with van der Waals surface area (Å²) < 4.78 is 15.1. The third-order valence-corrected chi connectivity index (χ3v) is 4.70. The summed E-state index contributed by atoms with van der Waals surface area (Å²) in [6, 6.07) is 7.75. The third-order valence-electron chi connectivity index (χ3n) is 3.93. The topological polar surface area (TPSA) is 73.3 Å². The number of benzene rings is 1. The van der Waals surface area contributed by atoms with Crippen LogP contribution in [0.25, 0.3) is 0 Å². The zero-order valence-corrected chi connectivity index (χ0v) is 14.5. The number of carbonyl (C=O) groups is 1. The summed E-state index contributed by atoms with van der Waals surface area (Å²) in [5, 5.41) is 6.86. The second-order valence-electron chi connectivity index (χ2n) is 5.67. The number of rotatable bonds is 7. The summed E-state index contributed by atoms with van der Waals surface area (Å²) in [6.45, 7) is 3.85. The Labute approximate surface area is 145 Å². The quantitative estimate of drug-likeness (QED) is 0.833. The van der Waals surface area contributed by atoms with Gasteiger partial charge in [-0.1, -0.05) is 23.5 Å². The van der Waals surface area contributed by atoms with Gasteiger partial charge in [0.1, 0.15) is 17.2 Å². The number of hydrogen-bond donors (Lipinski definition) is 1. The summed E-state index contributed by atoms with van der Waals surface area (Å²) in [4.78, 5) is 12.7. The number of aromatic nitrogens is 2. The molecule has 2 heterocycles. The molecule has 128 valence electrons. The smallest absolute Gasteiger partial charge is 0.265 e. The van der Waals surface area contributed by atoms with Gasteiger partial charge in [0.05, 0.1) is 11.8 Å². The molecule has 1 N–H and O–H groups in total. The highest BCUT2D eigenvalue weighted by molar-refractivity contribution is 7.08. The van der Waals surface area contributed by atoms with Crippen LogP contribution in [0.4, 0.5) is 0 Å². The molecule has 1 saturated heterocycles. The minimum Gasteiger partial charge on any atom is -0.491 e. The molecule has 0 spiro atoms. The molecular weight excluding hydrogens is 326 g/mol. The summed E-state index contributed by atoms with van der Waals surface area (Å²) in [5.74, 6) is 0.695. The normalized spacial score (nSPS) is 17.0. The Morgan fingerprint density at radius 1 is 1.42 bits per heavy atom. The highest BCUT2D eigenvalue weighted by Crippen LogP contribution is 2.17. The molecule has 1 aromatic carbocycles. The van der Waals surface area contributed by atoms with Gasteiger partial charge in [-0.2, -0.15) is 0 Å². The van der Waals surface area contributed by atoms with Gasteiger partial charge >= 0.3 is 0 Å². The van der Waals surface area contributed by atoms with Crippen LogP contribution in [0.2, 0.25) is 0 Å². The fourth-order valence-corrected chi connectivity index (χ4v) is 3.21. The minimum absolute atomic E-state index is 0.124. The average molecular weight is 347 g/mol. The predicted octanol–water partition coefficient (Wildman–Crippen LogP) is 2.59. The van der Waals surface area contributed by atoms with Crippen molar-refractivity contribution < 1.29 is 14.3 Å². The lowest BCUT2D eigenvalue weighted by molar-refractivity contribution is 0.0679. The van der Waals surface area contributed by atoms with Crippen molar-refractivity contribution in [3.05, 3.63) is 40.4 Å². The van der Waals surface area contributed by atoms with E-state index in [1.54, 1.807) is 0 Å². The Morgan fingerprint density at radius 2 is 2.25 bits per heavy atom. The number of carbonyl (C=O) groups excluding carboxylic acids is 1. The molecule has 1 atom stereocenters. The monoisotopic (exact) mass is 347 g/mol. The first kappa shape index (κ1) is 16.9. The number of aryl methyl sites for hydroxylation is 1. The third kappa shape index (κ3) is 4.30. The zero-order valence-electron chi connectivity index (χ0n) is 13.7. The maximum atomic E-state index is 12.2. The predicted molar refractivity (Wildman–Crippen MR) is 91.4 cm³/mol. The highest BCUT2D eigenvalue weighted by Gasteiger charge is 2.16. The van der Waals surface area contributed by atoms with E-state index in [4.69, 9.17) is 9.47 Å². The van der Waals surface area contributed by atoms with E-state index < -0.39 is 0 Å². The number of ether oxygens (including phenoxy) is 2. The molecule has 1 fully saturated rings. The van der Waals surface area contributed by atoms with E-state index in [0.29, 0.717) is 24.4 Å². The van der Waals surface area contributed by atoms with E-state index in [0.717, 1.165) is 48.0 Å². The summed E-state index contributed by atoms with van der Waals surface area (Å²) >= 11 is 1.13. The lowest BCUT2D eigenvalue weighted by Crippen LogP contribution is -2.22. The van der Waals surface area contributed by atoms with E-state index >= 15 is 0 Å². The van der Waals surface area contributed by atoms with E-state index in [1.165, 1.54) is 0 Å². The Hall–Kier alpha value is -1.99.